The van der Waals surface area contributed by atoms with Crippen LogP contribution in [0.15, 0.2) is 72.9 Å². The summed E-state index contributed by atoms with van der Waals surface area (Å²) in [6.45, 7) is 4.33. The van der Waals surface area contributed by atoms with Crippen LogP contribution in [0.3, 0.4) is 0 Å². The number of likely N-dealkylation sites (N-methyl/N-ethyl adjacent to an activating group) is 1. The third kappa shape index (κ3) is 3.90. The van der Waals surface area contributed by atoms with Gasteiger partial charge in [-0.15, -0.1) is 0 Å². The number of nitrogens with zero attached hydrogens (tertiary/aromatic N) is 2. The van der Waals surface area contributed by atoms with Gasteiger partial charge in [-0.05, 0) is 18.6 Å². The molecule has 0 saturated carbocycles. The Labute approximate surface area is 176 Å². The topological polar surface area (TPSA) is 78.1 Å². The second-order valence-corrected chi connectivity index (χ2v) is 7.26. The second kappa shape index (κ2) is 9.03. The Morgan fingerprint density at radius 2 is 1.77 bits per heavy atom. The van der Waals surface area contributed by atoms with Crippen molar-refractivity contribution in [2.45, 2.75) is 13.5 Å². The molecule has 0 spiro atoms. The number of hydrogen-bond acceptors (Lipinski definition) is 3. The fraction of sp³-hybridized carbons (Fsp3) is 0.200. The Morgan fingerprint density at radius 3 is 2.43 bits per heavy atom. The molecule has 0 aliphatic heterocycles. The molecule has 2 aromatic carbocycles. The van der Waals surface area contributed by atoms with Crippen molar-refractivity contribution < 1.29 is 15.8 Å². The molecule has 5 nitrogen and oxygen atoms in total. The Balaban J connectivity index is 1.96. The van der Waals surface area contributed by atoms with Gasteiger partial charge in [0.2, 0.25) is 0 Å². The molecule has 5 N–H and O–H groups in total. The van der Waals surface area contributed by atoms with Crippen molar-refractivity contribution in [3.63, 3.8) is 0 Å². The van der Waals surface area contributed by atoms with Gasteiger partial charge in [-0.1, -0.05) is 54.6 Å². The summed E-state index contributed by atoms with van der Waals surface area (Å²) in [6, 6.07) is 23.1. The maximum absolute atomic E-state index is 9.49. The Bertz CT molecular complexity index is 1130. The quantitative estimate of drug-likeness (QED) is 0.501. The first-order chi connectivity index (χ1) is 14.7. The smallest absolute Gasteiger partial charge is 0.284 e. The van der Waals surface area contributed by atoms with Gasteiger partial charge in [0.15, 0.2) is 0 Å². The van der Waals surface area contributed by atoms with E-state index in [0.717, 1.165) is 52.2 Å². The number of H-pyrrole nitrogens is 1. The highest BCUT2D eigenvalue weighted by Crippen LogP contribution is 2.35. The summed E-state index contributed by atoms with van der Waals surface area (Å²) >= 11 is 0. The fourth-order valence-electron chi connectivity index (χ4n) is 3.82. The van der Waals surface area contributed by atoms with Gasteiger partial charge in [-0.2, -0.15) is 0 Å². The minimum atomic E-state index is 0.105. The molecule has 0 aliphatic rings. The van der Waals surface area contributed by atoms with E-state index in [1.54, 1.807) is 0 Å². The highest BCUT2D eigenvalue weighted by atomic mass is 16.3. The normalized spacial score (nSPS) is 11.0. The van der Waals surface area contributed by atoms with Crippen LogP contribution in [-0.2, 0) is 6.54 Å². The molecular formula is C25H28N4O+2. The van der Waals surface area contributed by atoms with E-state index in [4.69, 9.17) is 4.98 Å². The van der Waals surface area contributed by atoms with Gasteiger partial charge in [0.05, 0.1) is 42.5 Å². The molecule has 0 unspecified atom stereocenters. The summed E-state index contributed by atoms with van der Waals surface area (Å²) in [4.78, 5) is 10.6. The van der Waals surface area contributed by atoms with Crippen LogP contribution < -0.4 is 15.6 Å². The molecule has 0 bridgehead atoms. The van der Waals surface area contributed by atoms with Gasteiger partial charge in [0, 0.05) is 22.8 Å². The molecule has 0 aliphatic carbocycles. The van der Waals surface area contributed by atoms with E-state index in [1.165, 1.54) is 5.56 Å². The lowest BCUT2D eigenvalue weighted by Crippen LogP contribution is -2.47. The summed E-state index contributed by atoms with van der Waals surface area (Å²) in [7, 11) is 0. The molecule has 4 rings (SSSR count). The maximum Gasteiger partial charge on any atom is 0.284 e. The van der Waals surface area contributed by atoms with Crippen LogP contribution in [0.5, 0.6) is 0 Å². The summed E-state index contributed by atoms with van der Waals surface area (Å²) in [6.07, 6.45) is 1.92. The molecule has 4 aromatic rings. The molecule has 0 amide bonds. The Morgan fingerprint density at radius 1 is 1.00 bits per heavy atom. The minimum Gasteiger partial charge on any atom is -0.392 e. The molecule has 0 atom stereocenters. The fourth-order valence-corrected chi connectivity index (χ4v) is 3.82. The van der Waals surface area contributed by atoms with Gasteiger partial charge in [-0.25, -0.2) is 9.97 Å². The van der Waals surface area contributed by atoms with E-state index in [1.807, 2.05) is 18.3 Å². The minimum absolute atomic E-state index is 0.105. The number of pyridine rings is 2. The van der Waals surface area contributed by atoms with E-state index in [2.05, 4.69) is 77.1 Å². The highest BCUT2D eigenvalue weighted by Gasteiger charge is 2.20. The van der Waals surface area contributed by atoms with Crippen LogP contribution in [0.2, 0.25) is 0 Å². The van der Waals surface area contributed by atoms with Crippen molar-refractivity contribution in [1.29, 1.82) is 0 Å². The lowest BCUT2D eigenvalue weighted by molar-refractivity contribution is -0.386. The number of fused-ring (bicyclic) bond motifs is 1. The lowest BCUT2D eigenvalue weighted by atomic mass is 9.97. The van der Waals surface area contributed by atoms with Gasteiger partial charge >= 0.3 is 0 Å². The zero-order chi connectivity index (χ0) is 20.9. The third-order valence-corrected chi connectivity index (χ3v) is 5.44. The molecule has 2 aromatic heterocycles. The summed E-state index contributed by atoms with van der Waals surface area (Å²) in [5.74, 6) is 0.979. The number of benzene rings is 2. The van der Waals surface area contributed by atoms with Crippen LogP contribution in [-0.4, -0.2) is 29.8 Å². The number of aromatic nitrogens is 2. The van der Waals surface area contributed by atoms with E-state index in [9.17, 15) is 5.11 Å². The van der Waals surface area contributed by atoms with Crippen molar-refractivity contribution in [2.24, 2.45) is 0 Å². The van der Waals surface area contributed by atoms with Crippen LogP contribution in [0.4, 0.5) is 5.82 Å². The predicted octanol–water partition coefficient (Wildman–Crippen LogP) is 2.94. The number of aliphatic hydroxyl groups is 1. The Kier molecular flexibility index (Phi) is 6.02. The highest BCUT2D eigenvalue weighted by molar-refractivity contribution is 5.96. The molecule has 2 heterocycles. The number of rotatable bonds is 7. The molecular weight excluding hydrogens is 372 g/mol. The van der Waals surface area contributed by atoms with Crippen LogP contribution in [0, 0.1) is 0 Å². The molecule has 152 valence electrons. The zero-order valence-corrected chi connectivity index (χ0v) is 17.3. The molecule has 0 fully saturated rings. The number of hydrogen-bond donors (Lipinski definition) is 2. The summed E-state index contributed by atoms with van der Waals surface area (Å²) < 4.78 is 0. The number of aromatic amines is 1. The number of aliphatic hydroxyl groups excluding tert-OH is 1. The second-order valence-electron chi connectivity index (χ2n) is 7.26. The molecule has 0 saturated heterocycles. The Hall–Kier alpha value is -3.28. The van der Waals surface area contributed by atoms with Crippen LogP contribution >= 0.6 is 0 Å². The SMILES string of the molecule is CCN(CCO)c1[nH+]ccc2nc(-c3ccc(C[NH3+])cc3)c(-c3ccccc3)cc12. The van der Waals surface area contributed by atoms with Crippen molar-refractivity contribution in [3.05, 3.63) is 78.5 Å². The van der Waals surface area contributed by atoms with Crippen molar-refractivity contribution in [2.75, 3.05) is 24.6 Å². The number of quaternary nitrogens is 1. The molecule has 0 radical (unpaired) electrons. The van der Waals surface area contributed by atoms with E-state index in [-0.39, 0.29) is 6.61 Å². The van der Waals surface area contributed by atoms with Gasteiger partial charge in [0.25, 0.3) is 5.82 Å². The maximum atomic E-state index is 9.49. The predicted molar refractivity (Wildman–Crippen MR) is 121 cm³/mol. The van der Waals surface area contributed by atoms with E-state index < -0.39 is 0 Å². The first-order valence-electron chi connectivity index (χ1n) is 10.4. The monoisotopic (exact) mass is 400 g/mol. The van der Waals surface area contributed by atoms with E-state index in [0.29, 0.717) is 6.54 Å². The molecule has 30 heavy (non-hydrogen) atoms. The first kappa shape index (κ1) is 20.0. The van der Waals surface area contributed by atoms with Crippen LogP contribution in [0.25, 0.3) is 33.3 Å². The standard InChI is InChI=1S/C25H26N4O/c1-2-29(14-15-30)25-22-16-21(19-6-4-3-5-7-19)24(28-23(22)12-13-27-25)20-10-8-18(17-26)9-11-20/h3-13,16,30H,2,14-15,17,26H2,1H3/p+2. The molecule has 5 heteroatoms. The van der Waals surface area contributed by atoms with E-state index >= 15 is 0 Å². The summed E-state index contributed by atoms with van der Waals surface area (Å²) in [5.41, 5.74) is 10.4. The zero-order valence-electron chi connectivity index (χ0n) is 17.3. The number of nitrogens with one attached hydrogen (secondary N) is 1. The van der Waals surface area contributed by atoms with Crippen molar-refractivity contribution >= 4 is 16.7 Å². The number of anilines is 1. The average Bonchev–Trinajstić information content (AvgIpc) is 2.82. The first-order valence-corrected chi connectivity index (χ1v) is 10.4. The van der Waals surface area contributed by atoms with Gasteiger partial charge in [0.1, 0.15) is 6.54 Å². The van der Waals surface area contributed by atoms with Gasteiger partial charge < -0.3 is 10.8 Å². The third-order valence-electron chi connectivity index (χ3n) is 5.44. The van der Waals surface area contributed by atoms with Gasteiger partial charge in [-0.3, -0.25) is 4.90 Å². The lowest BCUT2D eigenvalue weighted by Gasteiger charge is -2.17. The summed E-state index contributed by atoms with van der Waals surface area (Å²) in [5, 5.41) is 10.5. The van der Waals surface area contributed by atoms with Crippen LogP contribution in [0.1, 0.15) is 12.5 Å². The largest absolute Gasteiger partial charge is 0.392 e. The van der Waals surface area contributed by atoms with Crippen molar-refractivity contribution in [3.8, 4) is 22.4 Å². The van der Waals surface area contributed by atoms with Crippen molar-refractivity contribution in [1.82, 2.24) is 4.98 Å². The average molecular weight is 401 g/mol.